The molecular formula is C25H36O5. The highest BCUT2D eigenvalue weighted by molar-refractivity contribution is 5.41. The molecular weight excluding hydrogens is 380 g/mol. The van der Waals surface area contributed by atoms with Crippen molar-refractivity contribution in [1.29, 1.82) is 0 Å². The van der Waals surface area contributed by atoms with Crippen molar-refractivity contribution in [2.75, 3.05) is 19.8 Å². The molecule has 2 N–H and O–H groups in total. The third-order valence-corrected chi connectivity index (χ3v) is 5.06. The second kappa shape index (κ2) is 11.3. The predicted octanol–water partition coefficient (Wildman–Crippen LogP) is 4.33. The zero-order valence-corrected chi connectivity index (χ0v) is 18.8. The SMILES string of the molecule is CC(O)COc1ccc(C(C)(C)c2ccc(OCC(C)O)cc2)cc1.CC1CCO1. The number of aliphatic hydroxyl groups excluding tert-OH is 2. The van der Waals surface area contributed by atoms with Crippen LogP contribution in [0.1, 0.15) is 52.2 Å². The van der Waals surface area contributed by atoms with E-state index in [1.54, 1.807) is 13.8 Å². The molecule has 0 radical (unpaired) electrons. The number of hydrogen-bond donors (Lipinski definition) is 2. The smallest absolute Gasteiger partial charge is 0.119 e. The average molecular weight is 417 g/mol. The van der Waals surface area contributed by atoms with Crippen LogP contribution in [0.25, 0.3) is 0 Å². The van der Waals surface area contributed by atoms with Crippen molar-refractivity contribution in [2.45, 2.75) is 64.8 Å². The Balaban J connectivity index is 0.000000558. The third-order valence-electron chi connectivity index (χ3n) is 5.06. The van der Waals surface area contributed by atoms with Gasteiger partial charge in [-0.15, -0.1) is 0 Å². The standard InChI is InChI=1S/C21H28O4.C4H8O/c1-15(22)13-24-19-9-5-17(6-10-19)21(3,4)18-7-11-20(12-8-18)25-14-16(2)23;1-4-2-3-5-4/h5-12,15-16,22-23H,13-14H2,1-4H3;4H,2-3H2,1H3. The largest absolute Gasteiger partial charge is 0.491 e. The summed E-state index contributed by atoms with van der Waals surface area (Å²) in [6.07, 6.45) is 0.867. The van der Waals surface area contributed by atoms with Crippen molar-refractivity contribution in [3.05, 3.63) is 59.7 Å². The minimum absolute atomic E-state index is 0.161. The first-order valence-corrected chi connectivity index (χ1v) is 10.6. The molecule has 3 atom stereocenters. The fourth-order valence-corrected chi connectivity index (χ4v) is 2.89. The minimum Gasteiger partial charge on any atom is -0.491 e. The Bertz CT molecular complexity index is 674. The summed E-state index contributed by atoms with van der Waals surface area (Å²) in [6, 6.07) is 15.9. The van der Waals surface area contributed by atoms with E-state index in [-0.39, 0.29) is 18.6 Å². The number of ether oxygens (including phenoxy) is 3. The fourth-order valence-electron chi connectivity index (χ4n) is 2.89. The second-order valence-electron chi connectivity index (χ2n) is 8.46. The van der Waals surface area contributed by atoms with E-state index >= 15 is 0 Å². The molecule has 1 aliphatic rings. The van der Waals surface area contributed by atoms with Gasteiger partial charge in [0.25, 0.3) is 0 Å². The number of aliphatic hydroxyl groups is 2. The normalized spacial score (nSPS) is 17.8. The van der Waals surface area contributed by atoms with Crippen molar-refractivity contribution in [3.63, 3.8) is 0 Å². The topological polar surface area (TPSA) is 68.2 Å². The van der Waals surface area contributed by atoms with Gasteiger partial charge in [0.05, 0.1) is 18.3 Å². The average Bonchev–Trinajstić information content (AvgIpc) is 2.70. The molecule has 0 aliphatic carbocycles. The Morgan fingerprint density at radius 3 is 1.43 bits per heavy atom. The molecule has 0 saturated carbocycles. The maximum Gasteiger partial charge on any atom is 0.119 e. The summed E-state index contributed by atoms with van der Waals surface area (Å²) >= 11 is 0. The van der Waals surface area contributed by atoms with Gasteiger partial charge in [-0.2, -0.15) is 0 Å². The van der Waals surface area contributed by atoms with Gasteiger partial charge in [-0.3, -0.25) is 0 Å². The van der Waals surface area contributed by atoms with Gasteiger partial charge in [0.1, 0.15) is 24.7 Å². The molecule has 3 rings (SSSR count). The molecule has 1 heterocycles. The first-order chi connectivity index (χ1) is 14.2. The Hall–Kier alpha value is -2.08. The fraction of sp³-hybridized carbons (Fsp3) is 0.520. The molecule has 1 saturated heterocycles. The molecule has 1 fully saturated rings. The number of rotatable bonds is 8. The highest BCUT2D eigenvalue weighted by Gasteiger charge is 2.23. The van der Waals surface area contributed by atoms with Gasteiger partial charge in [-0.05, 0) is 62.6 Å². The van der Waals surface area contributed by atoms with Crippen molar-refractivity contribution < 1.29 is 24.4 Å². The zero-order chi connectivity index (χ0) is 22.1. The van der Waals surface area contributed by atoms with Crippen molar-refractivity contribution in [3.8, 4) is 11.5 Å². The lowest BCUT2D eigenvalue weighted by atomic mass is 9.78. The van der Waals surface area contributed by atoms with E-state index in [2.05, 4.69) is 45.0 Å². The summed E-state index contributed by atoms with van der Waals surface area (Å²) in [7, 11) is 0. The number of benzene rings is 2. The Kier molecular flexibility index (Phi) is 9.15. The summed E-state index contributed by atoms with van der Waals surface area (Å²) in [4.78, 5) is 0. The molecule has 5 heteroatoms. The lowest BCUT2D eigenvalue weighted by molar-refractivity contribution is -0.0375. The maximum atomic E-state index is 9.29. The summed E-state index contributed by atoms with van der Waals surface area (Å²) < 4.78 is 16.0. The molecule has 0 spiro atoms. The minimum atomic E-state index is -0.481. The molecule has 3 unspecified atom stereocenters. The summed E-state index contributed by atoms with van der Waals surface area (Å²) in [6.45, 7) is 11.4. The van der Waals surface area contributed by atoms with Crippen LogP contribution in [-0.2, 0) is 10.2 Å². The van der Waals surface area contributed by atoms with Gasteiger partial charge in [-0.25, -0.2) is 0 Å². The van der Waals surface area contributed by atoms with Gasteiger partial charge >= 0.3 is 0 Å². The molecule has 2 aromatic rings. The zero-order valence-electron chi connectivity index (χ0n) is 18.8. The Morgan fingerprint density at radius 1 is 0.867 bits per heavy atom. The summed E-state index contributed by atoms with van der Waals surface area (Å²) in [5.74, 6) is 1.50. The highest BCUT2D eigenvalue weighted by Crippen LogP contribution is 2.33. The van der Waals surface area contributed by atoms with Gasteiger partial charge in [0, 0.05) is 12.0 Å². The summed E-state index contributed by atoms with van der Waals surface area (Å²) in [5.41, 5.74) is 2.19. The quantitative estimate of drug-likeness (QED) is 0.671. The van der Waals surface area contributed by atoms with Gasteiger partial charge in [0.15, 0.2) is 0 Å². The maximum absolute atomic E-state index is 9.29. The molecule has 5 nitrogen and oxygen atoms in total. The van der Waals surface area contributed by atoms with E-state index < -0.39 is 12.2 Å². The van der Waals surface area contributed by atoms with Crippen molar-refractivity contribution >= 4 is 0 Å². The van der Waals surface area contributed by atoms with Crippen LogP contribution in [-0.4, -0.2) is 48.3 Å². The second-order valence-corrected chi connectivity index (χ2v) is 8.46. The molecule has 30 heavy (non-hydrogen) atoms. The van der Waals surface area contributed by atoms with E-state index in [0.29, 0.717) is 6.10 Å². The van der Waals surface area contributed by atoms with Crippen LogP contribution in [0.5, 0.6) is 11.5 Å². The van der Waals surface area contributed by atoms with Gasteiger partial charge < -0.3 is 24.4 Å². The van der Waals surface area contributed by atoms with Crippen LogP contribution >= 0.6 is 0 Å². The summed E-state index contributed by atoms with van der Waals surface area (Å²) in [5, 5.41) is 18.6. The lowest BCUT2D eigenvalue weighted by Crippen LogP contribution is -2.22. The first kappa shape index (κ1) is 24.2. The van der Waals surface area contributed by atoms with E-state index in [9.17, 15) is 10.2 Å². The van der Waals surface area contributed by atoms with Crippen LogP contribution in [0.3, 0.4) is 0 Å². The van der Waals surface area contributed by atoms with Gasteiger partial charge in [0.2, 0.25) is 0 Å². The molecule has 0 bridgehead atoms. The van der Waals surface area contributed by atoms with E-state index in [4.69, 9.17) is 14.2 Å². The van der Waals surface area contributed by atoms with E-state index in [1.165, 1.54) is 17.5 Å². The van der Waals surface area contributed by atoms with E-state index in [1.807, 2.05) is 24.3 Å². The monoisotopic (exact) mass is 416 g/mol. The molecule has 0 aromatic heterocycles. The van der Waals surface area contributed by atoms with Crippen LogP contribution in [0.15, 0.2) is 48.5 Å². The van der Waals surface area contributed by atoms with Crippen molar-refractivity contribution in [1.82, 2.24) is 0 Å². The molecule has 0 amide bonds. The third kappa shape index (κ3) is 7.63. The lowest BCUT2D eigenvalue weighted by Gasteiger charge is -2.26. The van der Waals surface area contributed by atoms with Crippen molar-refractivity contribution in [2.24, 2.45) is 0 Å². The predicted molar refractivity (Wildman–Crippen MR) is 119 cm³/mol. The number of hydrogen-bond acceptors (Lipinski definition) is 5. The van der Waals surface area contributed by atoms with Crippen LogP contribution < -0.4 is 9.47 Å². The molecule has 1 aliphatic heterocycles. The van der Waals surface area contributed by atoms with Crippen LogP contribution in [0.4, 0.5) is 0 Å². The molecule has 166 valence electrons. The Labute approximate surface area is 180 Å². The first-order valence-electron chi connectivity index (χ1n) is 10.6. The Morgan fingerprint density at radius 2 is 1.20 bits per heavy atom. The highest BCUT2D eigenvalue weighted by atomic mass is 16.5. The van der Waals surface area contributed by atoms with E-state index in [0.717, 1.165) is 18.1 Å². The van der Waals surface area contributed by atoms with Crippen LogP contribution in [0.2, 0.25) is 0 Å². The van der Waals surface area contributed by atoms with Gasteiger partial charge in [-0.1, -0.05) is 38.1 Å². The van der Waals surface area contributed by atoms with Crippen LogP contribution in [0, 0.1) is 0 Å². The molecule has 2 aromatic carbocycles.